The van der Waals surface area contributed by atoms with Crippen LogP contribution in [0.15, 0.2) is 36.4 Å². The van der Waals surface area contributed by atoms with Crippen molar-refractivity contribution in [3.8, 4) is 0 Å². The maximum absolute atomic E-state index is 12.9. The molecule has 4 nitrogen and oxygen atoms in total. The number of carbonyl (C=O) groups is 1. The Bertz CT molecular complexity index is 594. The number of aliphatic hydroxyl groups excluding tert-OH is 1. The zero-order valence-electron chi connectivity index (χ0n) is 16.0. The lowest BCUT2D eigenvalue weighted by molar-refractivity contribution is -0.128. The van der Waals surface area contributed by atoms with Crippen molar-refractivity contribution in [1.29, 1.82) is 0 Å². The second-order valence-electron chi connectivity index (χ2n) is 6.79. The van der Waals surface area contributed by atoms with Crippen LogP contribution in [0.25, 0.3) is 0 Å². The van der Waals surface area contributed by atoms with Crippen molar-refractivity contribution in [2.24, 2.45) is 0 Å². The minimum absolute atomic E-state index is 0.0643. The van der Waals surface area contributed by atoms with E-state index in [0.29, 0.717) is 12.8 Å². The predicted molar refractivity (Wildman–Crippen MR) is 108 cm³/mol. The zero-order valence-corrected chi connectivity index (χ0v) is 16.8. The third kappa shape index (κ3) is 8.03. The fraction of sp³-hybridized carbons (Fsp3) is 0.571. The Morgan fingerprint density at radius 1 is 1.33 bits per heavy atom. The SMILES string of the molecule is COCCCCSCCN1C(=O)CC[C@@H]1C=C[C@@H](O)Cc1ccc(F)cc1. The zero-order chi connectivity index (χ0) is 19.5. The molecular formula is C21H30FNO3S. The van der Waals surface area contributed by atoms with Crippen LogP contribution in [0.1, 0.15) is 31.2 Å². The topological polar surface area (TPSA) is 49.8 Å². The van der Waals surface area contributed by atoms with Gasteiger partial charge < -0.3 is 14.7 Å². The molecule has 2 rings (SSSR count). The lowest BCUT2D eigenvalue weighted by Gasteiger charge is -2.22. The van der Waals surface area contributed by atoms with Crippen molar-refractivity contribution in [1.82, 2.24) is 4.90 Å². The molecule has 0 radical (unpaired) electrons. The fourth-order valence-electron chi connectivity index (χ4n) is 3.15. The Labute approximate surface area is 165 Å². The van der Waals surface area contributed by atoms with Gasteiger partial charge in [0.25, 0.3) is 0 Å². The van der Waals surface area contributed by atoms with Crippen molar-refractivity contribution in [2.45, 2.75) is 44.2 Å². The van der Waals surface area contributed by atoms with E-state index >= 15 is 0 Å². The number of halogens is 1. The fourth-order valence-corrected chi connectivity index (χ4v) is 4.09. The van der Waals surface area contributed by atoms with Gasteiger partial charge in [0.1, 0.15) is 5.82 Å². The number of carbonyl (C=O) groups excluding carboxylic acids is 1. The third-order valence-electron chi connectivity index (χ3n) is 4.65. The molecule has 150 valence electrons. The molecule has 27 heavy (non-hydrogen) atoms. The summed E-state index contributed by atoms with van der Waals surface area (Å²) in [4.78, 5) is 14.0. The van der Waals surface area contributed by atoms with Gasteiger partial charge in [0.05, 0.1) is 12.1 Å². The largest absolute Gasteiger partial charge is 0.389 e. The lowest BCUT2D eigenvalue weighted by atomic mass is 10.1. The number of thioether (sulfide) groups is 1. The van der Waals surface area contributed by atoms with E-state index in [1.165, 1.54) is 12.1 Å². The van der Waals surface area contributed by atoms with Crippen LogP contribution in [0.3, 0.4) is 0 Å². The summed E-state index contributed by atoms with van der Waals surface area (Å²) in [6.45, 7) is 1.55. The van der Waals surface area contributed by atoms with E-state index in [0.717, 1.165) is 49.5 Å². The van der Waals surface area contributed by atoms with Gasteiger partial charge in [-0.15, -0.1) is 0 Å². The van der Waals surface area contributed by atoms with E-state index in [4.69, 9.17) is 4.74 Å². The minimum atomic E-state index is -0.636. The Morgan fingerprint density at radius 2 is 2.11 bits per heavy atom. The molecular weight excluding hydrogens is 365 g/mol. The Kier molecular flexibility index (Phi) is 9.87. The molecule has 1 aromatic carbocycles. The first-order chi connectivity index (χ1) is 13.1. The van der Waals surface area contributed by atoms with Crippen molar-refractivity contribution >= 4 is 17.7 Å². The number of ether oxygens (including phenoxy) is 1. The average molecular weight is 396 g/mol. The number of rotatable bonds is 12. The molecule has 6 heteroatoms. The molecule has 0 aromatic heterocycles. The van der Waals surface area contributed by atoms with Gasteiger partial charge in [-0.2, -0.15) is 11.8 Å². The van der Waals surface area contributed by atoms with E-state index in [1.54, 1.807) is 25.3 Å². The molecule has 0 spiro atoms. The van der Waals surface area contributed by atoms with Crippen LogP contribution in [0, 0.1) is 5.82 Å². The number of likely N-dealkylation sites (tertiary alicyclic amines) is 1. The van der Waals surface area contributed by atoms with Gasteiger partial charge in [-0.1, -0.05) is 24.3 Å². The smallest absolute Gasteiger partial charge is 0.223 e. The van der Waals surface area contributed by atoms with Gasteiger partial charge in [0, 0.05) is 38.9 Å². The highest BCUT2D eigenvalue weighted by atomic mass is 32.2. The quantitative estimate of drug-likeness (QED) is 0.435. The molecule has 1 amide bonds. The van der Waals surface area contributed by atoms with Crippen LogP contribution in [0.2, 0.25) is 0 Å². The highest BCUT2D eigenvalue weighted by molar-refractivity contribution is 7.99. The molecule has 1 aliphatic heterocycles. The normalized spacial score (nSPS) is 18.6. The molecule has 0 aliphatic carbocycles. The second-order valence-corrected chi connectivity index (χ2v) is 8.01. The summed E-state index contributed by atoms with van der Waals surface area (Å²) in [5.41, 5.74) is 0.887. The van der Waals surface area contributed by atoms with Gasteiger partial charge in [0.15, 0.2) is 0 Å². The second kappa shape index (κ2) is 12.2. The first-order valence-corrected chi connectivity index (χ1v) is 10.7. The summed E-state index contributed by atoms with van der Waals surface area (Å²) in [7, 11) is 1.72. The number of unbranched alkanes of at least 4 members (excludes halogenated alkanes) is 1. The van der Waals surface area contributed by atoms with Crippen LogP contribution < -0.4 is 0 Å². The van der Waals surface area contributed by atoms with Gasteiger partial charge in [-0.05, 0) is 42.7 Å². The van der Waals surface area contributed by atoms with Crippen molar-refractivity contribution < 1.29 is 19.0 Å². The first-order valence-electron chi connectivity index (χ1n) is 9.57. The summed E-state index contributed by atoms with van der Waals surface area (Å²) in [6, 6.07) is 6.23. The Morgan fingerprint density at radius 3 is 2.85 bits per heavy atom. The monoisotopic (exact) mass is 395 g/mol. The number of methoxy groups -OCH3 is 1. The lowest BCUT2D eigenvalue weighted by Crippen LogP contribution is -2.34. The summed E-state index contributed by atoms with van der Waals surface area (Å²) in [5, 5.41) is 10.2. The minimum Gasteiger partial charge on any atom is -0.389 e. The molecule has 1 aromatic rings. The van der Waals surface area contributed by atoms with Gasteiger partial charge in [0.2, 0.25) is 5.91 Å². The molecule has 2 atom stereocenters. The van der Waals surface area contributed by atoms with Crippen molar-refractivity contribution in [3.63, 3.8) is 0 Å². The van der Waals surface area contributed by atoms with Crippen molar-refractivity contribution in [3.05, 3.63) is 47.8 Å². The molecule has 0 unspecified atom stereocenters. The first kappa shape index (κ1) is 21.9. The molecule has 0 saturated carbocycles. The Hall–Kier alpha value is -1.37. The van der Waals surface area contributed by atoms with E-state index in [2.05, 4.69) is 0 Å². The summed E-state index contributed by atoms with van der Waals surface area (Å²) in [6.07, 6.45) is 7.09. The average Bonchev–Trinajstić information content (AvgIpc) is 3.01. The van der Waals surface area contributed by atoms with Crippen LogP contribution in [0.5, 0.6) is 0 Å². The number of hydrogen-bond donors (Lipinski definition) is 1. The number of hydrogen-bond acceptors (Lipinski definition) is 4. The highest BCUT2D eigenvalue weighted by Gasteiger charge is 2.28. The van der Waals surface area contributed by atoms with E-state index in [1.807, 2.05) is 22.7 Å². The van der Waals surface area contributed by atoms with Gasteiger partial charge in [-0.25, -0.2) is 4.39 Å². The molecule has 1 saturated heterocycles. The maximum atomic E-state index is 12.9. The molecule has 1 heterocycles. The highest BCUT2D eigenvalue weighted by Crippen LogP contribution is 2.21. The Balaban J connectivity index is 1.73. The number of nitrogens with zero attached hydrogens (tertiary/aromatic N) is 1. The van der Waals surface area contributed by atoms with E-state index < -0.39 is 6.10 Å². The van der Waals surface area contributed by atoms with Crippen LogP contribution in [0.4, 0.5) is 4.39 Å². The van der Waals surface area contributed by atoms with Crippen LogP contribution in [-0.4, -0.2) is 59.8 Å². The van der Waals surface area contributed by atoms with E-state index in [9.17, 15) is 14.3 Å². The number of amides is 1. The number of benzene rings is 1. The third-order valence-corrected chi connectivity index (χ3v) is 5.70. The summed E-state index contributed by atoms with van der Waals surface area (Å²) in [5.74, 6) is 1.93. The molecule has 0 bridgehead atoms. The van der Waals surface area contributed by atoms with Gasteiger partial charge in [-0.3, -0.25) is 4.79 Å². The summed E-state index contributed by atoms with van der Waals surface area (Å²) >= 11 is 1.87. The van der Waals surface area contributed by atoms with Crippen molar-refractivity contribution in [2.75, 3.05) is 31.8 Å². The van der Waals surface area contributed by atoms with Gasteiger partial charge >= 0.3 is 0 Å². The molecule has 1 N–H and O–H groups in total. The standard InChI is InChI=1S/C21H30FNO3S/c1-26-13-2-3-14-27-15-12-23-19(9-11-21(23)25)8-10-20(24)16-17-4-6-18(22)7-5-17/h4-8,10,19-20,24H,2-3,9,11-16H2,1H3/t19-,20+/m0/s1. The van der Waals surface area contributed by atoms with Crippen LogP contribution in [-0.2, 0) is 16.0 Å². The number of aliphatic hydroxyl groups is 1. The van der Waals surface area contributed by atoms with E-state index in [-0.39, 0.29) is 17.8 Å². The summed E-state index contributed by atoms with van der Waals surface area (Å²) < 4.78 is 18.0. The maximum Gasteiger partial charge on any atom is 0.223 e. The predicted octanol–water partition coefficient (Wildman–Crippen LogP) is 3.44. The van der Waals surface area contributed by atoms with Crippen LogP contribution >= 0.6 is 11.8 Å². The molecule has 1 fully saturated rings. The molecule has 1 aliphatic rings.